The molecule has 1 atom stereocenters. The molecule has 0 radical (unpaired) electrons. The standard InChI is InChI=1S/C20H30N4O6S/c1-20(2,3)30-19(27)24-11-7-9-15(13-24)18(26)22-21-17(25)14-8-6-10-16(12-14)31(28,29)23(4)5/h6,8,10,12,15H,7,9,11,13H2,1-5H3,(H,21,25)(H,22,26). The Morgan fingerprint density at radius 1 is 1.16 bits per heavy atom. The van der Waals surface area contributed by atoms with Crippen molar-refractivity contribution in [2.45, 2.75) is 44.1 Å². The van der Waals surface area contributed by atoms with Crippen LogP contribution in [0.15, 0.2) is 29.2 Å². The van der Waals surface area contributed by atoms with Crippen LogP contribution >= 0.6 is 0 Å². The van der Waals surface area contributed by atoms with Crippen LogP contribution in [0.3, 0.4) is 0 Å². The molecule has 0 saturated carbocycles. The first-order valence-electron chi connectivity index (χ1n) is 9.92. The normalized spacial score (nSPS) is 17.2. The lowest BCUT2D eigenvalue weighted by molar-refractivity contribution is -0.127. The van der Waals surface area contributed by atoms with E-state index in [1.807, 2.05) is 0 Å². The molecule has 11 heteroatoms. The fraction of sp³-hybridized carbons (Fsp3) is 0.550. The van der Waals surface area contributed by atoms with E-state index in [1.54, 1.807) is 20.8 Å². The Kier molecular flexibility index (Phi) is 7.66. The van der Waals surface area contributed by atoms with Gasteiger partial charge in [0.15, 0.2) is 0 Å². The number of rotatable bonds is 4. The minimum atomic E-state index is -3.69. The summed E-state index contributed by atoms with van der Waals surface area (Å²) in [5.74, 6) is -1.58. The molecule has 172 valence electrons. The number of hydrazine groups is 1. The predicted molar refractivity (Wildman–Crippen MR) is 113 cm³/mol. The second-order valence-corrected chi connectivity index (χ2v) is 10.7. The van der Waals surface area contributed by atoms with E-state index in [2.05, 4.69) is 10.9 Å². The quantitative estimate of drug-likeness (QED) is 0.662. The van der Waals surface area contributed by atoms with E-state index in [9.17, 15) is 22.8 Å². The van der Waals surface area contributed by atoms with E-state index in [0.717, 1.165) is 4.31 Å². The Morgan fingerprint density at radius 3 is 2.45 bits per heavy atom. The SMILES string of the molecule is CN(C)S(=O)(=O)c1cccc(C(=O)NNC(=O)C2CCCN(C(=O)OC(C)(C)C)C2)c1. The average molecular weight is 455 g/mol. The van der Waals surface area contributed by atoms with Gasteiger partial charge < -0.3 is 9.64 Å². The number of carbonyl (C=O) groups excluding carboxylic acids is 3. The monoisotopic (exact) mass is 454 g/mol. The fourth-order valence-corrected chi connectivity index (χ4v) is 3.93. The van der Waals surface area contributed by atoms with E-state index in [0.29, 0.717) is 19.4 Å². The Bertz CT molecular complexity index is 939. The van der Waals surface area contributed by atoms with Crippen LogP contribution in [0, 0.1) is 5.92 Å². The molecule has 2 N–H and O–H groups in total. The van der Waals surface area contributed by atoms with Crippen LogP contribution in [-0.4, -0.2) is 68.3 Å². The van der Waals surface area contributed by atoms with Gasteiger partial charge in [-0.25, -0.2) is 17.5 Å². The maximum atomic E-state index is 12.5. The molecule has 31 heavy (non-hydrogen) atoms. The van der Waals surface area contributed by atoms with Gasteiger partial charge >= 0.3 is 6.09 Å². The number of amides is 3. The Labute approximate surface area is 182 Å². The van der Waals surface area contributed by atoms with E-state index in [1.165, 1.54) is 43.3 Å². The summed E-state index contributed by atoms with van der Waals surface area (Å²) >= 11 is 0. The maximum absolute atomic E-state index is 12.5. The third-order valence-corrected chi connectivity index (χ3v) is 6.43. The number of nitrogens with zero attached hydrogens (tertiary/aromatic N) is 2. The van der Waals surface area contributed by atoms with Gasteiger partial charge in [0.05, 0.1) is 10.8 Å². The van der Waals surface area contributed by atoms with Crippen molar-refractivity contribution in [1.29, 1.82) is 0 Å². The van der Waals surface area contributed by atoms with Gasteiger partial charge in [-0.05, 0) is 51.8 Å². The lowest BCUT2D eigenvalue weighted by atomic mass is 9.98. The smallest absolute Gasteiger partial charge is 0.410 e. The molecule has 0 aliphatic carbocycles. The van der Waals surface area contributed by atoms with Crippen LogP contribution < -0.4 is 10.9 Å². The van der Waals surface area contributed by atoms with Gasteiger partial charge in [0.1, 0.15) is 5.60 Å². The highest BCUT2D eigenvalue weighted by Crippen LogP contribution is 2.19. The zero-order valence-electron chi connectivity index (χ0n) is 18.5. The molecule has 1 aromatic carbocycles. The minimum absolute atomic E-state index is 0.0308. The Hall–Kier alpha value is -2.66. The first-order chi connectivity index (χ1) is 14.3. The van der Waals surface area contributed by atoms with Crippen molar-refractivity contribution >= 4 is 27.9 Å². The number of carbonyl (C=O) groups is 3. The highest BCUT2D eigenvalue weighted by Gasteiger charge is 2.31. The Balaban J connectivity index is 1.96. The summed E-state index contributed by atoms with van der Waals surface area (Å²) in [5.41, 5.74) is 4.12. The molecule has 1 aromatic rings. The second kappa shape index (κ2) is 9.65. The molecule has 0 bridgehead atoms. The van der Waals surface area contributed by atoms with Crippen LogP contribution in [0.1, 0.15) is 44.0 Å². The van der Waals surface area contributed by atoms with E-state index < -0.39 is 39.4 Å². The van der Waals surface area contributed by atoms with Crippen molar-refractivity contribution in [3.8, 4) is 0 Å². The zero-order valence-corrected chi connectivity index (χ0v) is 19.3. The van der Waals surface area contributed by atoms with Gasteiger partial charge in [-0.2, -0.15) is 0 Å². The summed E-state index contributed by atoms with van der Waals surface area (Å²) in [6, 6.07) is 5.52. The van der Waals surface area contributed by atoms with Crippen LogP contribution in [0.4, 0.5) is 4.79 Å². The summed E-state index contributed by atoms with van der Waals surface area (Å²) in [5, 5.41) is 0. The topological polar surface area (TPSA) is 125 Å². The van der Waals surface area contributed by atoms with E-state index in [4.69, 9.17) is 4.74 Å². The van der Waals surface area contributed by atoms with Crippen LogP contribution in [0.5, 0.6) is 0 Å². The highest BCUT2D eigenvalue weighted by molar-refractivity contribution is 7.89. The molecule has 2 rings (SSSR count). The first kappa shape index (κ1) is 24.6. The van der Waals surface area contributed by atoms with Crippen molar-refractivity contribution in [3.05, 3.63) is 29.8 Å². The number of hydrogen-bond donors (Lipinski definition) is 2. The molecule has 0 spiro atoms. The molecule has 1 unspecified atom stereocenters. The van der Waals surface area contributed by atoms with E-state index in [-0.39, 0.29) is 17.0 Å². The number of hydrogen-bond acceptors (Lipinski definition) is 6. The lowest BCUT2D eigenvalue weighted by Gasteiger charge is -2.33. The third kappa shape index (κ3) is 6.66. The van der Waals surface area contributed by atoms with Crippen molar-refractivity contribution < 1.29 is 27.5 Å². The molecule has 0 aromatic heterocycles. The average Bonchev–Trinajstić information content (AvgIpc) is 2.70. The lowest BCUT2D eigenvalue weighted by Crippen LogP contribution is -2.50. The molecular weight excluding hydrogens is 424 g/mol. The van der Waals surface area contributed by atoms with Crippen molar-refractivity contribution in [2.24, 2.45) is 5.92 Å². The largest absolute Gasteiger partial charge is 0.444 e. The zero-order chi connectivity index (χ0) is 23.4. The van der Waals surface area contributed by atoms with Gasteiger partial charge in [-0.15, -0.1) is 0 Å². The fourth-order valence-electron chi connectivity index (χ4n) is 2.98. The number of piperidine rings is 1. The van der Waals surface area contributed by atoms with E-state index >= 15 is 0 Å². The van der Waals surface area contributed by atoms with Crippen molar-refractivity contribution in [3.63, 3.8) is 0 Å². The van der Waals surface area contributed by atoms with Crippen molar-refractivity contribution in [2.75, 3.05) is 27.2 Å². The van der Waals surface area contributed by atoms with Crippen LogP contribution in [0.25, 0.3) is 0 Å². The van der Waals surface area contributed by atoms with Gasteiger partial charge in [-0.1, -0.05) is 6.07 Å². The number of sulfonamides is 1. The predicted octanol–water partition coefficient (Wildman–Crippen LogP) is 1.34. The number of nitrogens with one attached hydrogen (secondary N) is 2. The summed E-state index contributed by atoms with van der Waals surface area (Å²) in [6.07, 6.45) is 0.723. The maximum Gasteiger partial charge on any atom is 0.410 e. The number of benzene rings is 1. The van der Waals surface area contributed by atoms with Crippen LogP contribution in [0.2, 0.25) is 0 Å². The molecule has 1 aliphatic heterocycles. The van der Waals surface area contributed by atoms with Crippen molar-refractivity contribution in [1.82, 2.24) is 20.1 Å². The minimum Gasteiger partial charge on any atom is -0.444 e. The molecule has 1 aliphatic rings. The van der Waals surface area contributed by atoms with Gasteiger partial charge in [0.2, 0.25) is 15.9 Å². The highest BCUT2D eigenvalue weighted by atomic mass is 32.2. The summed E-state index contributed by atoms with van der Waals surface area (Å²) in [6.45, 7) is 6.00. The van der Waals surface area contributed by atoms with Crippen LogP contribution in [-0.2, 0) is 19.6 Å². The molecule has 1 heterocycles. The van der Waals surface area contributed by atoms with Gasteiger partial charge in [0.25, 0.3) is 5.91 Å². The summed E-state index contributed by atoms with van der Waals surface area (Å²) < 4.78 is 30.9. The molecular formula is C20H30N4O6S. The molecule has 1 fully saturated rings. The van der Waals surface area contributed by atoms with Gasteiger partial charge in [-0.3, -0.25) is 20.4 Å². The molecule has 3 amide bonds. The molecule has 1 saturated heterocycles. The second-order valence-electron chi connectivity index (χ2n) is 8.52. The Morgan fingerprint density at radius 2 is 1.84 bits per heavy atom. The number of likely N-dealkylation sites (tertiary alicyclic amines) is 1. The third-order valence-electron chi connectivity index (χ3n) is 4.62. The number of ether oxygens (including phenoxy) is 1. The molecule has 10 nitrogen and oxygen atoms in total. The first-order valence-corrected chi connectivity index (χ1v) is 11.4. The summed E-state index contributed by atoms with van der Waals surface area (Å²) in [4.78, 5) is 38.6. The summed E-state index contributed by atoms with van der Waals surface area (Å²) in [7, 11) is -0.900. The van der Waals surface area contributed by atoms with Gasteiger partial charge in [0, 0.05) is 32.7 Å².